The Hall–Kier alpha value is -1.59. The molecule has 0 spiro atoms. The number of nitrogens with one attached hydrogen (secondary N) is 1. The maximum Gasteiger partial charge on any atom is 0.254 e. The number of hydrogen-bond donors (Lipinski definition) is 2. The number of nitrogens with two attached hydrogens (primary N) is 1. The van der Waals surface area contributed by atoms with Gasteiger partial charge in [-0.1, -0.05) is 11.6 Å². The minimum absolute atomic E-state index is 0.138. The molecule has 0 aromatic heterocycles. The second kappa shape index (κ2) is 6.67. The summed E-state index contributed by atoms with van der Waals surface area (Å²) in [5.74, 6) is -0.278. The van der Waals surface area contributed by atoms with Crippen LogP contribution in [0.2, 0.25) is 5.02 Å². The number of rotatable bonds is 4. The Bertz CT molecular complexity index is 552. The zero-order chi connectivity index (χ0) is 16.3. The topological polar surface area (TPSA) is 75.4 Å². The van der Waals surface area contributed by atoms with Gasteiger partial charge in [0.15, 0.2) is 0 Å². The number of halogens is 1. The number of nitrogens with zero attached hydrogens (tertiary/aromatic N) is 1. The Kier molecular flexibility index (Phi) is 5.08. The highest BCUT2D eigenvalue weighted by atomic mass is 35.5. The van der Waals surface area contributed by atoms with E-state index in [-0.39, 0.29) is 11.8 Å². The molecule has 1 aliphatic heterocycles. The average Bonchev–Trinajstić information content (AvgIpc) is 2.93. The Morgan fingerprint density at radius 3 is 2.59 bits per heavy atom. The van der Waals surface area contributed by atoms with Crippen LogP contribution in [-0.2, 0) is 4.79 Å². The molecule has 0 radical (unpaired) electrons. The van der Waals surface area contributed by atoms with Crippen LogP contribution in [0.25, 0.3) is 0 Å². The maximum atomic E-state index is 12.6. The summed E-state index contributed by atoms with van der Waals surface area (Å²) in [6, 6.07) is 6.29. The molecule has 5 nitrogen and oxygen atoms in total. The van der Waals surface area contributed by atoms with Crippen molar-refractivity contribution in [1.82, 2.24) is 10.2 Å². The summed E-state index contributed by atoms with van der Waals surface area (Å²) in [6.07, 6.45) is 1.50. The van der Waals surface area contributed by atoms with Gasteiger partial charge in [0.1, 0.15) is 6.04 Å². The van der Waals surface area contributed by atoms with Gasteiger partial charge >= 0.3 is 0 Å². The van der Waals surface area contributed by atoms with E-state index >= 15 is 0 Å². The van der Waals surface area contributed by atoms with E-state index in [0.717, 1.165) is 6.42 Å². The van der Waals surface area contributed by atoms with Gasteiger partial charge in [0, 0.05) is 29.2 Å². The predicted molar refractivity (Wildman–Crippen MR) is 86.8 cm³/mol. The first-order valence-corrected chi connectivity index (χ1v) is 7.79. The van der Waals surface area contributed by atoms with Crippen molar-refractivity contribution in [2.45, 2.75) is 38.3 Å². The normalized spacial score (nSPS) is 18.4. The van der Waals surface area contributed by atoms with Crippen LogP contribution in [0.4, 0.5) is 0 Å². The third-order valence-corrected chi connectivity index (χ3v) is 3.88. The molecule has 1 fully saturated rings. The van der Waals surface area contributed by atoms with Crippen molar-refractivity contribution in [1.29, 1.82) is 0 Å². The third kappa shape index (κ3) is 4.21. The van der Waals surface area contributed by atoms with Gasteiger partial charge in [0.25, 0.3) is 5.91 Å². The quantitative estimate of drug-likeness (QED) is 0.887. The van der Waals surface area contributed by atoms with Crippen molar-refractivity contribution < 1.29 is 9.59 Å². The van der Waals surface area contributed by atoms with Gasteiger partial charge in [-0.15, -0.1) is 0 Å². The molecule has 1 aromatic rings. The summed E-state index contributed by atoms with van der Waals surface area (Å²) < 4.78 is 0. The van der Waals surface area contributed by atoms with E-state index in [1.807, 2.05) is 13.8 Å². The van der Waals surface area contributed by atoms with Crippen LogP contribution >= 0.6 is 11.6 Å². The van der Waals surface area contributed by atoms with Crippen molar-refractivity contribution in [3.63, 3.8) is 0 Å². The van der Waals surface area contributed by atoms with Crippen molar-refractivity contribution in [2.24, 2.45) is 5.73 Å². The van der Waals surface area contributed by atoms with Crippen LogP contribution in [0.1, 0.15) is 37.0 Å². The van der Waals surface area contributed by atoms with Crippen LogP contribution in [0, 0.1) is 0 Å². The van der Waals surface area contributed by atoms with Crippen molar-refractivity contribution in [3.8, 4) is 0 Å². The van der Waals surface area contributed by atoms with Gasteiger partial charge in [-0.2, -0.15) is 0 Å². The Morgan fingerprint density at radius 2 is 2.00 bits per heavy atom. The summed E-state index contributed by atoms with van der Waals surface area (Å²) in [5.41, 5.74) is 5.95. The smallest absolute Gasteiger partial charge is 0.254 e. The fourth-order valence-electron chi connectivity index (χ4n) is 2.47. The standard InChI is InChI=1S/C16H22ClN3O2/c1-16(2,18)10-19-14(21)13-4-3-9-20(13)15(22)11-5-7-12(17)8-6-11/h5-8,13H,3-4,9-10,18H2,1-2H3,(H,19,21)/t13-/m0/s1. The van der Waals surface area contributed by atoms with Gasteiger partial charge in [-0.05, 0) is 51.0 Å². The molecule has 1 heterocycles. The van der Waals surface area contributed by atoms with Gasteiger partial charge in [0.05, 0.1) is 0 Å². The van der Waals surface area contributed by atoms with E-state index in [0.29, 0.717) is 30.1 Å². The highest BCUT2D eigenvalue weighted by molar-refractivity contribution is 6.30. The summed E-state index contributed by atoms with van der Waals surface area (Å²) >= 11 is 5.84. The summed E-state index contributed by atoms with van der Waals surface area (Å²) in [7, 11) is 0. The van der Waals surface area contributed by atoms with E-state index in [1.165, 1.54) is 0 Å². The van der Waals surface area contributed by atoms with Crippen molar-refractivity contribution in [3.05, 3.63) is 34.9 Å². The van der Waals surface area contributed by atoms with Crippen LogP contribution in [-0.4, -0.2) is 41.4 Å². The minimum Gasteiger partial charge on any atom is -0.352 e. The van der Waals surface area contributed by atoms with Crippen molar-refractivity contribution >= 4 is 23.4 Å². The summed E-state index contributed by atoms with van der Waals surface area (Å²) in [4.78, 5) is 26.5. The lowest BCUT2D eigenvalue weighted by Crippen LogP contribution is -2.51. The first-order valence-electron chi connectivity index (χ1n) is 7.41. The largest absolute Gasteiger partial charge is 0.352 e. The number of carbonyl (C=O) groups is 2. The zero-order valence-corrected chi connectivity index (χ0v) is 13.7. The van der Waals surface area contributed by atoms with E-state index < -0.39 is 11.6 Å². The molecule has 1 aromatic carbocycles. The monoisotopic (exact) mass is 323 g/mol. The molecule has 1 aliphatic rings. The van der Waals surface area contributed by atoms with Crippen LogP contribution in [0.15, 0.2) is 24.3 Å². The lowest BCUT2D eigenvalue weighted by Gasteiger charge is -2.26. The summed E-state index contributed by atoms with van der Waals surface area (Å²) in [6.45, 7) is 4.66. The lowest BCUT2D eigenvalue weighted by molar-refractivity contribution is -0.125. The molecular weight excluding hydrogens is 302 g/mol. The van der Waals surface area contributed by atoms with E-state index in [2.05, 4.69) is 5.32 Å². The second-order valence-corrected chi connectivity index (χ2v) is 6.81. The molecule has 2 rings (SSSR count). The van der Waals surface area contributed by atoms with Crippen LogP contribution in [0.5, 0.6) is 0 Å². The number of likely N-dealkylation sites (tertiary alicyclic amines) is 1. The molecule has 120 valence electrons. The SMILES string of the molecule is CC(C)(N)CNC(=O)[C@@H]1CCCN1C(=O)c1ccc(Cl)cc1. The van der Waals surface area contributed by atoms with Crippen LogP contribution in [0.3, 0.4) is 0 Å². The summed E-state index contributed by atoms with van der Waals surface area (Å²) in [5, 5.41) is 3.41. The highest BCUT2D eigenvalue weighted by Gasteiger charge is 2.34. The number of hydrogen-bond acceptors (Lipinski definition) is 3. The first-order chi connectivity index (χ1) is 10.3. The molecule has 1 saturated heterocycles. The van der Waals surface area contributed by atoms with Gasteiger partial charge in [-0.25, -0.2) is 0 Å². The Morgan fingerprint density at radius 1 is 1.36 bits per heavy atom. The fourth-order valence-corrected chi connectivity index (χ4v) is 2.60. The maximum absolute atomic E-state index is 12.6. The van der Waals surface area contributed by atoms with Gasteiger partial charge in [-0.3, -0.25) is 9.59 Å². The van der Waals surface area contributed by atoms with Crippen molar-refractivity contribution in [2.75, 3.05) is 13.1 Å². The second-order valence-electron chi connectivity index (χ2n) is 6.37. The number of carbonyl (C=O) groups excluding carboxylic acids is 2. The number of amides is 2. The third-order valence-electron chi connectivity index (χ3n) is 3.63. The molecule has 22 heavy (non-hydrogen) atoms. The highest BCUT2D eigenvalue weighted by Crippen LogP contribution is 2.21. The average molecular weight is 324 g/mol. The molecule has 0 unspecified atom stereocenters. The van der Waals surface area contributed by atoms with Crippen LogP contribution < -0.4 is 11.1 Å². The molecule has 3 N–H and O–H groups in total. The zero-order valence-electron chi connectivity index (χ0n) is 12.9. The molecule has 6 heteroatoms. The lowest BCUT2D eigenvalue weighted by atomic mass is 10.1. The molecule has 0 aliphatic carbocycles. The molecule has 2 amide bonds. The van der Waals surface area contributed by atoms with E-state index in [1.54, 1.807) is 29.2 Å². The molecule has 1 atom stereocenters. The fraction of sp³-hybridized carbons (Fsp3) is 0.500. The molecule has 0 saturated carbocycles. The minimum atomic E-state index is -0.473. The van der Waals surface area contributed by atoms with Gasteiger partial charge < -0.3 is 16.0 Å². The predicted octanol–water partition coefficient (Wildman–Crippen LogP) is 1.80. The first kappa shape index (κ1) is 16.8. The molecular formula is C16H22ClN3O2. The number of benzene rings is 1. The Labute approximate surface area is 135 Å². The molecule has 0 bridgehead atoms. The van der Waals surface area contributed by atoms with Gasteiger partial charge in [0.2, 0.25) is 5.91 Å². The van der Waals surface area contributed by atoms with E-state index in [4.69, 9.17) is 17.3 Å². The van der Waals surface area contributed by atoms with E-state index in [9.17, 15) is 9.59 Å². The Balaban J connectivity index is 2.05.